The number of thioether (sulfide) groups is 1. The maximum atomic E-state index is 12.4. The maximum absolute atomic E-state index is 12.4. The lowest BCUT2D eigenvalue weighted by Gasteiger charge is -2.26. The molecule has 0 spiro atoms. The summed E-state index contributed by atoms with van der Waals surface area (Å²) < 4.78 is 42.8. The number of carbonyl (C=O) groups excluding carboxylic acids is 1. The molecule has 2 N–H and O–H groups in total. The number of benzene rings is 1. The molecular formula is C14H17F3N2O2S. The van der Waals surface area contributed by atoms with E-state index in [0.717, 1.165) is 30.1 Å². The van der Waals surface area contributed by atoms with Gasteiger partial charge in [-0.1, -0.05) is 0 Å². The van der Waals surface area contributed by atoms with E-state index in [0.29, 0.717) is 12.2 Å². The Morgan fingerprint density at radius 3 is 2.55 bits per heavy atom. The zero-order valence-corrected chi connectivity index (χ0v) is 12.8. The average Bonchev–Trinajstić information content (AvgIpc) is 2.94. The van der Waals surface area contributed by atoms with Crippen LogP contribution in [-0.2, 0) is 10.9 Å². The fraction of sp³-hybridized carbons (Fsp3) is 0.500. The van der Waals surface area contributed by atoms with Gasteiger partial charge >= 0.3 is 12.2 Å². The number of urea groups is 1. The van der Waals surface area contributed by atoms with Crippen LogP contribution in [0.15, 0.2) is 24.3 Å². The van der Waals surface area contributed by atoms with E-state index in [1.165, 1.54) is 12.1 Å². The van der Waals surface area contributed by atoms with Crippen molar-refractivity contribution in [1.82, 2.24) is 5.32 Å². The predicted molar refractivity (Wildman–Crippen MR) is 80.1 cm³/mol. The van der Waals surface area contributed by atoms with Gasteiger partial charge in [-0.05, 0) is 36.4 Å². The number of halogens is 3. The van der Waals surface area contributed by atoms with Crippen molar-refractivity contribution in [3.63, 3.8) is 0 Å². The SMILES string of the molecule is CO[C@@]1(CNC(=O)Nc2ccc(C(F)(F)F)cc2)CCSC1. The standard InChI is InChI=1S/C14H17F3N2O2S/c1-21-13(6-7-22-9-13)8-18-12(20)19-11-4-2-10(3-5-11)14(15,16)17/h2-5H,6-9H2,1H3,(H2,18,19,20)/t13-/m1/s1. The Labute approximate surface area is 130 Å². The zero-order valence-electron chi connectivity index (χ0n) is 12.0. The molecule has 1 fully saturated rings. The lowest BCUT2D eigenvalue weighted by atomic mass is 10.0. The van der Waals surface area contributed by atoms with Crippen molar-refractivity contribution in [2.75, 3.05) is 30.5 Å². The highest BCUT2D eigenvalue weighted by Crippen LogP contribution is 2.31. The summed E-state index contributed by atoms with van der Waals surface area (Å²) >= 11 is 1.76. The first-order chi connectivity index (χ1) is 10.3. The van der Waals surface area contributed by atoms with Crippen molar-refractivity contribution in [3.8, 4) is 0 Å². The summed E-state index contributed by atoms with van der Waals surface area (Å²) in [4.78, 5) is 11.8. The molecule has 1 aromatic rings. The lowest BCUT2D eigenvalue weighted by Crippen LogP contribution is -2.45. The highest BCUT2D eigenvalue weighted by atomic mass is 32.2. The molecule has 8 heteroatoms. The molecule has 1 heterocycles. The molecule has 0 saturated carbocycles. The van der Waals surface area contributed by atoms with Crippen LogP contribution in [0.3, 0.4) is 0 Å². The summed E-state index contributed by atoms with van der Waals surface area (Å²) in [6.45, 7) is 0.364. The van der Waals surface area contributed by atoms with Crippen LogP contribution < -0.4 is 10.6 Å². The van der Waals surface area contributed by atoms with E-state index in [-0.39, 0.29) is 5.60 Å². The number of hydrogen-bond acceptors (Lipinski definition) is 3. The second kappa shape index (κ2) is 6.78. The minimum absolute atomic E-state index is 0.303. The van der Waals surface area contributed by atoms with E-state index >= 15 is 0 Å². The molecule has 1 aliphatic heterocycles. The highest BCUT2D eigenvalue weighted by molar-refractivity contribution is 7.99. The average molecular weight is 334 g/mol. The van der Waals surface area contributed by atoms with Gasteiger partial charge in [0.15, 0.2) is 0 Å². The zero-order chi connectivity index (χ0) is 16.2. The van der Waals surface area contributed by atoms with E-state index in [4.69, 9.17) is 4.74 Å². The number of nitrogens with one attached hydrogen (secondary N) is 2. The molecule has 1 saturated heterocycles. The summed E-state index contributed by atoms with van der Waals surface area (Å²) in [7, 11) is 1.61. The van der Waals surface area contributed by atoms with Crippen molar-refractivity contribution in [2.45, 2.75) is 18.2 Å². The Bertz CT molecular complexity index is 514. The minimum Gasteiger partial charge on any atom is -0.376 e. The number of carbonyl (C=O) groups is 1. The third kappa shape index (κ3) is 4.30. The number of hydrogen-bond donors (Lipinski definition) is 2. The summed E-state index contributed by atoms with van der Waals surface area (Å²) in [5.41, 5.74) is -0.806. The van der Waals surface area contributed by atoms with Crippen molar-refractivity contribution in [2.24, 2.45) is 0 Å². The molecule has 1 atom stereocenters. The molecule has 1 aliphatic rings. The maximum Gasteiger partial charge on any atom is 0.416 e. The van der Waals surface area contributed by atoms with Gasteiger partial charge in [-0.25, -0.2) is 4.79 Å². The second-order valence-electron chi connectivity index (χ2n) is 5.07. The normalized spacial score (nSPS) is 21.6. The highest BCUT2D eigenvalue weighted by Gasteiger charge is 2.34. The first-order valence-electron chi connectivity index (χ1n) is 6.70. The van der Waals surface area contributed by atoms with Gasteiger partial charge in [0.25, 0.3) is 0 Å². The van der Waals surface area contributed by atoms with Crippen LogP contribution in [-0.4, -0.2) is 36.8 Å². The molecule has 2 amide bonds. The van der Waals surface area contributed by atoms with Crippen LogP contribution in [0, 0.1) is 0 Å². The molecule has 2 rings (SSSR count). The fourth-order valence-electron chi connectivity index (χ4n) is 2.12. The van der Waals surface area contributed by atoms with E-state index in [1.54, 1.807) is 18.9 Å². The molecule has 122 valence electrons. The van der Waals surface area contributed by atoms with E-state index < -0.39 is 17.8 Å². The molecule has 1 aromatic carbocycles. The number of ether oxygens (including phenoxy) is 1. The Morgan fingerprint density at radius 2 is 2.05 bits per heavy atom. The van der Waals surface area contributed by atoms with Crippen molar-refractivity contribution in [3.05, 3.63) is 29.8 Å². The molecular weight excluding hydrogens is 317 g/mol. The van der Waals surface area contributed by atoms with Crippen molar-refractivity contribution < 1.29 is 22.7 Å². The smallest absolute Gasteiger partial charge is 0.376 e. The van der Waals surface area contributed by atoms with Crippen LogP contribution in [0.2, 0.25) is 0 Å². The molecule has 0 aromatic heterocycles. The lowest BCUT2D eigenvalue weighted by molar-refractivity contribution is -0.137. The molecule has 4 nitrogen and oxygen atoms in total. The van der Waals surface area contributed by atoms with Gasteiger partial charge in [0.05, 0.1) is 11.2 Å². The molecule has 22 heavy (non-hydrogen) atoms. The first kappa shape index (κ1) is 17.0. The van der Waals surface area contributed by atoms with Crippen LogP contribution >= 0.6 is 11.8 Å². The van der Waals surface area contributed by atoms with E-state index in [9.17, 15) is 18.0 Å². The molecule has 0 aliphatic carbocycles. The second-order valence-corrected chi connectivity index (χ2v) is 6.18. The largest absolute Gasteiger partial charge is 0.416 e. The Kier molecular flexibility index (Phi) is 5.23. The van der Waals surface area contributed by atoms with Gasteiger partial charge < -0.3 is 15.4 Å². The topological polar surface area (TPSA) is 50.4 Å². The minimum atomic E-state index is -4.38. The van der Waals surface area contributed by atoms with E-state index in [1.807, 2.05) is 0 Å². The summed E-state index contributed by atoms with van der Waals surface area (Å²) in [6.07, 6.45) is -3.53. The van der Waals surface area contributed by atoms with Crippen LogP contribution in [0.4, 0.5) is 23.7 Å². The van der Waals surface area contributed by atoms with Crippen LogP contribution in [0.5, 0.6) is 0 Å². The molecule has 0 radical (unpaired) electrons. The van der Waals surface area contributed by atoms with Crippen LogP contribution in [0.25, 0.3) is 0 Å². The van der Waals surface area contributed by atoms with Crippen molar-refractivity contribution in [1.29, 1.82) is 0 Å². The van der Waals surface area contributed by atoms with Crippen LogP contribution in [0.1, 0.15) is 12.0 Å². The summed E-state index contributed by atoms with van der Waals surface area (Å²) in [5.74, 6) is 1.79. The van der Waals surface area contributed by atoms with Crippen molar-refractivity contribution >= 4 is 23.5 Å². The van der Waals surface area contributed by atoms with Gasteiger partial charge in [-0.2, -0.15) is 24.9 Å². The summed E-state index contributed by atoms with van der Waals surface area (Å²) in [5, 5.41) is 5.21. The Morgan fingerprint density at radius 1 is 1.36 bits per heavy atom. The molecule has 0 unspecified atom stereocenters. The summed E-state index contributed by atoms with van der Waals surface area (Å²) in [6, 6.07) is 3.84. The number of anilines is 1. The van der Waals surface area contributed by atoms with Gasteiger partial charge in [0, 0.05) is 25.1 Å². The number of methoxy groups -OCH3 is 1. The molecule has 0 bridgehead atoms. The quantitative estimate of drug-likeness (QED) is 0.888. The Balaban J connectivity index is 1.87. The number of rotatable bonds is 4. The van der Waals surface area contributed by atoms with Gasteiger partial charge in [-0.3, -0.25) is 0 Å². The Hall–Kier alpha value is -1.41. The van der Waals surface area contributed by atoms with Gasteiger partial charge in [0.2, 0.25) is 0 Å². The number of alkyl halides is 3. The fourth-order valence-corrected chi connectivity index (χ4v) is 3.52. The first-order valence-corrected chi connectivity index (χ1v) is 7.85. The van der Waals surface area contributed by atoms with E-state index in [2.05, 4.69) is 10.6 Å². The predicted octanol–water partition coefficient (Wildman–Crippen LogP) is 3.35. The van der Waals surface area contributed by atoms with Gasteiger partial charge in [0.1, 0.15) is 0 Å². The third-order valence-electron chi connectivity index (χ3n) is 3.54. The number of amides is 2. The van der Waals surface area contributed by atoms with Gasteiger partial charge in [-0.15, -0.1) is 0 Å². The monoisotopic (exact) mass is 334 g/mol. The third-order valence-corrected chi connectivity index (χ3v) is 4.76.